The first-order chi connectivity index (χ1) is 14.4. The van der Waals surface area contributed by atoms with Crippen molar-refractivity contribution in [1.82, 2.24) is 30.6 Å². The number of nitrogens with zero attached hydrogens (tertiary/aromatic N) is 5. The molecule has 1 amide bonds. The summed E-state index contributed by atoms with van der Waals surface area (Å²) in [5.41, 5.74) is 1.18. The molecule has 3 heterocycles. The molecule has 1 unspecified atom stereocenters. The first-order valence-electron chi connectivity index (χ1n) is 9.11. The number of rotatable bonds is 6. The van der Waals surface area contributed by atoms with Crippen molar-refractivity contribution in [3.8, 4) is 11.4 Å². The van der Waals surface area contributed by atoms with Gasteiger partial charge in [-0.05, 0) is 24.1 Å². The molecule has 1 aromatic carbocycles. The highest BCUT2D eigenvalue weighted by Gasteiger charge is 2.27. The number of hydrogen-bond acceptors (Lipinski definition) is 8. The molecule has 0 aliphatic rings. The van der Waals surface area contributed by atoms with Gasteiger partial charge in [0.2, 0.25) is 11.7 Å². The Morgan fingerprint density at radius 3 is 2.70 bits per heavy atom. The van der Waals surface area contributed by atoms with Gasteiger partial charge in [-0.2, -0.15) is 10.1 Å². The Hall–Kier alpha value is -4.15. The van der Waals surface area contributed by atoms with Crippen molar-refractivity contribution in [3.63, 3.8) is 0 Å². The molecular formula is C19H17N7O4. The van der Waals surface area contributed by atoms with Gasteiger partial charge in [0.05, 0.1) is 10.4 Å². The van der Waals surface area contributed by atoms with Gasteiger partial charge in [-0.1, -0.05) is 19.0 Å². The van der Waals surface area contributed by atoms with Crippen LogP contribution in [0, 0.1) is 16.0 Å². The second-order valence-electron chi connectivity index (χ2n) is 6.95. The van der Waals surface area contributed by atoms with Crippen LogP contribution < -0.4 is 5.32 Å². The fraction of sp³-hybridized carbons (Fsp3) is 0.211. The van der Waals surface area contributed by atoms with Gasteiger partial charge in [-0.3, -0.25) is 25.0 Å². The van der Waals surface area contributed by atoms with Gasteiger partial charge in [0.1, 0.15) is 6.04 Å². The second-order valence-corrected chi connectivity index (χ2v) is 6.95. The molecule has 4 rings (SSSR count). The van der Waals surface area contributed by atoms with Crippen molar-refractivity contribution >= 4 is 22.5 Å². The second kappa shape index (κ2) is 7.70. The number of amides is 1. The first-order valence-corrected chi connectivity index (χ1v) is 9.11. The minimum atomic E-state index is -0.578. The molecule has 0 bridgehead atoms. The lowest BCUT2D eigenvalue weighted by Gasteiger charge is -2.17. The number of carbonyl (C=O) groups excluding carboxylic acids is 1. The Morgan fingerprint density at radius 2 is 2.00 bits per heavy atom. The number of aromatic nitrogens is 5. The monoisotopic (exact) mass is 407 g/mol. The molecule has 0 aliphatic carbocycles. The van der Waals surface area contributed by atoms with Crippen LogP contribution >= 0.6 is 0 Å². The highest BCUT2D eigenvalue weighted by molar-refractivity contribution is 6.05. The largest absolute Gasteiger partial charge is 0.339 e. The van der Waals surface area contributed by atoms with E-state index in [1.807, 2.05) is 13.8 Å². The van der Waals surface area contributed by atoms with Gasteiger partial charge in [-0.15, -0.1) is 0 Å². The highest BCUT2D eigenvalue weighted by Crippen LogP contribution is 2.26. The Morgan fingerprint density at radius 1 is 1.23 bits per heavy atom. The van der Waals surface area contributed by atoms with Crippen LogP contribution in [0.4, 0.5) is 5.69 Å². The fourth-order valence-electron chi connectivity index (χ4n) is 2.99. The number of aromatic amines is 1. The number of carbonyl (C=O) groups is 1. The molecule has 11 heteroatoms. The number of nitro groups is 1. The summed E-state index contributed by atoms with van der Waals surface area (Å²) in [6, 6.07) is 7.09. The van der Waals surface area contributed by atoms with Crippen LogP contribution in [0.2, 0.25) is 0 Å². The Kier molecular flexibility index (Phi) is 4.92. The van der Waals surface area contributed by atoms with Crippen LogP contribution in [-0.4, -0.2) is 36.2 Å². The third-order valence-electron chi connectivity index (χ3n) is 4.57. The van der Waals surface area contributed by atoms with E-state index in [4.69, 9.17) is 4.52 Å². The average molecular weight is 407 g/mol. The van der Waals surface area contributed by atoms with E-state index in [2.05, 4.69) is 30.6 Å². The van der Waals surface area contributed by atoms with Crippen LogP contribution in [0.25, 0.3) is 22.3 Å². The van der Waals surface area contributed by atoms with E-state index in [-0.39, 0.29) is 23.2 Å². The van der Waals surface area contributed by atoms with E-state index >= 15 is 0 Å². The standard InChI is InChI=1S/C19H17N7O4/c1-10(2)15(19-22-17(25-30-19)11-5-7-20-8-6-11)21-18(27)16-13-9-12(26(28)29)3-4-14(13)23-24-16/h3-10,15H,1-2H3,(H,21,27)(H,23,24). The topological polar surface area (TPSA) is 153 Å². The van der Waals surface area contributed by atoms with Crippen LogP contribution in [0.15, 0.2) is 47.2 Å². The third kappa shape index (κ3) is 3.60. The summed E-state index contributed by atoms with van der Waals surface area (Å²) in [5, 5.41) is 25.0. The zero-order chi connectivity index (χ0) is 21.3. The lowest BCUT2D eigenvalue weighted by Crippen LogP contribution is -2.32. The van der Waals surface area contributed by atoms with Gasteiger partial charge < -0.3 is 9.84 Å². The number of H-pyrrole nitrogens is 1. The predicted octanol–water partition coefficient (Wildman–Crippen LogP) is 3.04. The van der Waals surface area contributed by atoms with Crippen LogP contribution in [0.3, 0.4) is 0 Å². The molecule has 0 radical (unpaired) electrons. The Bertz CT molecular complexity index is 1220. The van der Waals surface area contributed by atoms with Crippen LogP contribution in [-0.2, 0) is 0 Å². The van der Waals surface area contributed by atoms with E-state index in [1.165, 1.54) is 18.2 Å². The molecule has 0 saturated carbocycles. The van der Waals surface area contributed by atoms with E-state index in [9.17, 15) is 14.9 Å². The van der Waals surface area contributed by atoms with E-state index < -0.39 is 16.9 Å². The smallest absolute Gasteiger partial charge is 0.273 e. The van der Waals surface area contributed by atoms with Crippen molar-refractivity contribution in [2.45, 2.75) is 19.9 Å². The zero-order valence-electron chi connectivity index (χ0n) is 16.1. The van der Waals surface area contributed by atoms with Gasteiger partial charge >= 0.3 is 0 Å². The summed E-state index contributed by atoms with van der Waals surface area (Å²) in [6.45, 7) is 3.80. The van der Waals surface area contributed by atoms with Crippen LogP contribution in [0.5, 0.6) is 0 Å². The minimum Gasteiger partial charge on any atom is -0.339 e. The number of nitrogens with one attached hydrogen (secondary N) is 2. The number of nitro benzene ring substituents is 1. The summed E-state index contributed by atoms with van der Waals surface area (Å²) >= 11 is 0. The third-order valence-corrected chi connectivity index (χ3v) is 4.57. The van der Waals surface area contributed by atoms with Gasteiger partial charge in [0, 0.05) is 35.5 Å². The van der Waals surface area contributed by atoms with Crippen LogP contribution in [0.1, 0.15) is 36.3 Å². The number of benzene rings is 1. The Labute approximate surface area is 169 Å². The fourth-order valence-corrected chi connectivity index (χ4v) is 2.99. The van der Waals surface area contributed by atoms with E-state index in [0.29, 0.717) is 16.7 Å². The maximum absolute atomic E-state index is 12.9. The maximum atomic E-state index is 12.9. The van der Waals surface area contributed by atoms with Crippen molar-refractivity contribution in [2.75, 3.05) is 0 Å². The molecule has 0 spiro atoms. The lowest BCUT2D eigenvalue weighted by molar-refractivity contribution is -0.384. The summed E-state index contributed by atoms with van der Waals surface area (Å²) in [7, 11) is 0. The first kappa shape index (κ1) is 19.2. The van der Waals surface area contributed by atoms with Gasteiger partial charge in [0.25, 0.3) is 11.6 Å². The molecule has 3 aromatic heterocycles. The summed E-state index contributed by atoms with van der Waals surface area (Å²) in [4.78, 5) is 31.8. The molecule has 0 aliphatic heterocycles. The minimum absolute atomic E-state index is 0.0493. The van der Waals surface area contributed by atoms with Crippen molar-refractivity contribution in [3.05, 3.63) is 64.4 Å². The highest BCUT2D eigenvalue weighted by atomic mass is 16.6. The number of non-ortho nitro benzene ring substituents is 1. The van der Waals surface area contributed by atoms with Crippen molar-refractivity contribution in [1.29, 1.82) is 0 Å². The lowest BCUT2D eigenvalue weighted by atomic mass is 10.0. The average Bonchev–Trinajstić information content (AvgIpc) is 3.39. The number of hydrogen-bond donors (Lipinski definition) is 2. The zero-order valence-corrected chi connectivity index (χ0v) is 16.1. The molecule has 30 heavy (non-hydrogen) atoms. The number of fused-ring (bicyclic) bond motifs is 1. The van der Waals surface area contributed by atoms with Crippen molar-refractivity contribution < 1.29 is 14.2 Å². The molecule has 0 saturated heterocycles. The molecule has 1 atom stereocenters. The molecule has 2 N–H and O–H groups in total. The summed E-state index contributed by atoms with van der Waals surface area (Å²) in [6.07, 6.45) is 3.24. The quantitative estimate of drug-likeness (QED) is 0.365. The Balaban J connectivity index is 1.62. The molecular weight excluding hydrogens is 390 g/mol. The van der Waals surface area contributed by atoms with E-state index in [0.717, 1.165) is 5.56 Å². The molecule has 0 fully saturated rings. The molecule has 11 nitrogen and oxygen atoms in total. The summed E-state index contributed by atoms with van der Waals surface area (Å²) in [5.74, 6) is 0.0486. The normalized spacial score (nSPS) is 12.2. The SMILES string of the molecule is CC(C)C(NC(=O)c1n[nH]c2ccc([N+](=O)[O-])cc12)c1nc(-c2ccncc2)no1. The van der Waals surface area contributed by atoms with Gasteiger partial charge in [-0.25, -0.2) is 0 Å². The van der Waals surface area contributed by atoms with Gasteiger partial charge in [0.15, 0.2) is 5.69 Å². The van der Waals surface area contributed by atoms with E-state index in [1.54, 1.807) is 24.5 Å². The maximum Gasteiger partial charge on any atom is 0.273 e. The predicted molar refractivity (Wildman–Crippen MR) is 105 cm³/mol. The number of pyridine rings is 1. The molecule has 4 aromatic rings. The molecule has 152 valence electrons. The van der Waals surface area contributed by atoms with Crippen molar-refractivity contribution in [2.24, 2.45) is 5.92 Å². The summed E-state index contributed by atoms with van der Waals surface area (Å²) < 4.78 is 5.39.